The van der Waals surface area contributed by atoms with Crippen molar-refractivity contribution in [1.82, 2.24) is 25.7 Å². The van der Waals surface area contributed by atoms with E-state index in [4.69, 9.17) is 9.47 Å². The average Bonchev–Trinajstić information content (AvgIpc) is 2.95. The smallest absolute Gasteiger partial charge is 0.315 e. The molecule has 144 valence electrons. The molecule has 2 amide bonds. The number of fused-ring (bicyclic) bond motifs is 2. The maximum Gasteiger partial charge on any atom is 0.315 e. The first-order chi connectivity index (χ1) is 13.3. The first kappa shape index (κ1) is 17.7. The molecule has 1 atom stereocenters. The van der Waals surface area contributed by atoms with Crippen molar-refractivity contribution >= 4 is 6.03 Å². The molecule has 2 aliphatic heterocycles. The van der Waals surface area contributed by atoms with E-state index in [1.807, 2.05) is 35.0 Å². The molecule has 4 rings (SSSR count). The normalized spacial score (nSPS) is 18.3. The Morgan fingerprint density at radius 1 is 1.30 bits per heavy atom. The van der Waals surface area contributed by atoms with E-state index in [9.17, 15) is 4.79 Å². The minimum atomic E-state index is -0.201. The summed E-state index contributed by atoms with van der Waals surface area (Å²) in [4.78, 5) is 12.0. The number of benzene rings is 1. The van der Waals surface area contributed by atoms with Gasteiger partial charge < -0.3 is 25.4 Å². The third-order valence-electron chi connectivity index (χ3n) is 4.69. The minimum Gasteiger partial charge on any atom is -0.486 e. The Hall–Kier alpha value is -2.74. The average molecular weight is 371 g/mol. The number of carbonyl (C=O) groups is 1. The van der Waals surface area contributed by atoms with Crippen molar-refractivity contribution < 1.29 is 14.3 Å². The number of amides is 2. The fourth-order valence-electron chi connectivity index (χ4n) is 3.29. The number of nitrogens with one attached hydrogen (secondary N) is 3. The zero-order chi connectivity index (χ0) is 18.5. The Bertz CT molecular complexity index is 768. The van der Waals surface area contributed by atoms with E-state index in [0.29, 0.717) is 26.1 Å². The second-order valence-electron chi connectivity index (χ2n) is 6.78. The molecule has 0 saturated carbocycles. The summed E-state index contributed by atoms with van der Waals surface area (Å²) >= 11 is 0. The van der Waals surface area contributed by atoms with Gasteiger partial charge in [-0.25, -0.2) is 4.79 Å². The summed E-state index contributed by atoms with van der Waals surface area (Å²) in [5.41, 5.74) is 2.05. The third-order valence-corrected chi connectivity index (χ3v) is 4.69. The zero-order valence-electron chi connectivity index (χ0n) is 15.2. The van der Waals surface area contributed by atoms with Crippen LogP contribution in [0.25, 0.3) is 0 Å². The maximum atomic E-state index is 12.0. The molecule has 0 radical (unpaired) electrons. The summed E-state index contributed by atoms with van der Waals surface area (Å²) in [5, 5.41) is 13.6. The molecule has 27 heavy (non-hydrogen) atoms. The second-order valence-corrected chi connectivity index (χ2v) is 6.78. The number of hydrogen-bond acceptors (Lipinski definition) is 5. The standard InChI is InChI=1S/C19H25N5O3/c25-19(22-11-14-10-15-12-20-7-3-9-24(15)23-14)21-8-6-16-13-26-17-4-1-2-5-18(17)27-16/h1-2,4-5,10,16,20H,3,6-9,11-13H2,(H2,21,22,25)/t16-/m1/s1. The zero-order valence-corrected chi connectivity index (χ0v) is 15.2. The maximum absolute atomic E-state index is 12.0. The van der Waals surface area contributed by atoms with Crippen molar-refractivity contribution in [3.63, 3.8) is 0 Å². The Labute approximate surface area is 158 Å². The molecule has 0 unspecified atom stereocenters. The SMILES string of the molecule is O=C(NCC[C@@H]1COc2ccccc2O1)NCc1cc2n(n1)CCCNC2. The Balaban J connectivity index is 1.17. The molecule has 2 aromatic rings. The summed E-state index contributed by atoms with van der Waals surface area (Å²) in [5.74, 6) is 1.53. The van der Waals surface area contributed by atoms with Crippen LogP contribution in [-0.2, 0) is 19.6 Å². The van der Waals surface area contributed by atoms with Crippen LogP contribution in [0.1, 0.15) is 24.2 Å². The van der Waals surface area contributed by atoms with Crippen LogP contribution in [0.5, 0.6) is 11.5 Å². The summed E-state index contributed by atoms with van der Waals surface area (Å²) in [6, 6.07) is 9.47. The van der Waals surface area contributed by atoms with Crippen LogP contribution in [0.15, 0.2) is 30.3 Å². The number of urea groups is 1. The van der Waals surface area contributed by atoms with Crippen LogP contribution in [0, 0.1) is 0 Å². The van der Waals surface area contributed by atoms with Gasteiger partial charge in [0.1, 0.15) is 12.7 Å². The quantitative estimate of drug-likeness (QED) is 0.739. The molecule has 8 heteroatoms. The van der Waals surface area contributed by atoms with E-state index >= 15 is 0 Å². The number of aromatic nitrogens is 2. The van der Waals surface area contributed by atoms with Crippen molar-refractivity contribution in [2.45, 2.75) is 38.6 Å². The highest BCUT2D eigenvalue weighted by atomic mass is 16.6. The predicted molar refractivity (Wildman–Crippen MR) is 99.8 cm³/mol. The Morgan fingerprint density at radius 2 is 2.19 bits per heavy atom. The van der Waals surface area contributed by atoms with Crippen molar-refractivity contribution in [2.75, 3.05) is 19.7 Å². The van der Waals surface area contributed by atoms with Crippen LogP contribution in [0.4, 0.5) is 4.79 Å². The van der Waals surface area contributed by atoms with Gasteiger partial charge in [0.15, 0.2) is 11.5 Å². The molecule has 1 aromatic heterocycles. The lowest BCUT2D eigenvalue weighted by Crippen LogP contribution is -2.38. The number of ether oxygens (including phenoxy) is 2. The molecule has 3 N–H and O–H groups in total. The van der Waals surface area contributed by atoms with E-state index in [-0.39, 0.29) is 12.1 Å². The van der Waals surface area contributed by atoms with Gasteiger partial charge in [0.05, 0.1) is 17.9 Å². The van der Waals surface area contributed by atoms with Crippen LogP contribution < -0.4 is 25.4 Å². The van der Waals surface area contributed by atoms with E-state index < -0.39 is 0 Å². The van der Waals surface area contributed by atoms with Crippen molar-refractivity contribution in [3.05, 3.63) is 41.7 Å². The van der Waals surface area contributed by atoms with Gasteiger partial charge >= 0.3 is 6.03 Å². The second kappa shape index (κ2) is 8.30. The van der Waals surface area contributed by atoms with Crippen LogP contribution in [0.3, 0.4) is 0 Å². The minimum absolute atomic E-state index is 0.0588. The summed E-state index contributed by atoms with van der Waals surface area (Å²) < 4.78 is 13.6. The molecule has 0 aliphatic carbocycles. The van der Waals surface area contributed by atoms with Gasteiger partial charge in [0, 0.05) is 26.1 Å². The summed E-state index contributed by atoms with van der Waals surface area (Å²) in [6.45, 7) is 4.19. The Kier molecular flexibility index (Phi) is 5.43. The fourth-order valence-corrected chi connectivity index (χ4v) is 3.29. The molecule has 8 nitrogen and oxygen atoms in total. The summed E-state index contributed by atoms with van der Waals surface area (Å²) in [7, 11) is 0. The molecule has 1 aromatic carbocycles. The van der Waals surface area contributed by atoms with Gasteiger partial charge in [0.2, 0.25) is 0 Å². The van der Waals surface area contributed by atoms with E-state index in [1.165, 1.54) is 5.69 Å². The first-order valence-electron chi connectivity index (χ1n) is 9.44. The lowest BCUT2D eigenvalue weighted by atomic mass is 10.2. The van der Waals surface area contributed by atoms with Crippen molar-refractivity contribution in [2.24, 2.45) is 0 Å². The Morgan fingerprint density at radius 3 is 3.11 bits per heavy atom. The van der Waals surface area contributed by atoms with Gasteiger partial charge in [0.25, 0.3) is 0 Å². The van der Waals surface area contributed by atoms with E-state index in [0.717, 1.165) is 43.2 Å². The van der Waals surface area contributed by atoms with Gasteiger partial charge in [-0.2, -0.15) is 5.10 Å². The van der Waals surface area contributed by atoms with Gasteiger partial charge in [-0.15, -0.1) is 0 Å². The first-order valence-corrected chi connectivity index (χ1v) is 9.44. The van der Waals surface area contributed by atoms with E-state index in [2.05, 4.69) is 21.0 Å². The molecule has 2 aliphatic rings. The van der Waals surface area contributed by atoms with Crippen molar-refractivity contribution in [1.29, 1.82) is 0 Å². The predicted octanol–water partition coefficient (Wildman–Crippen LogP) is 1.41. The number of aryl methyl sites for hydroxylation is 1. The van der Waals surface area contributed by atoms with E-state index in [1.54, 1.807) is 0 Å². The topological polar surface area (TPSA) is 89.4 Å². The van der Waals surface area contributed by atoms with Gasteiger partial charge in [-0.1, -0.05) is 12.1 Å². The highest BCUT2D eigenvalue weighted by Gasteiger charge is 2.20. The molecule has 0 saturated heterocycles. The molecule has 0 fully saturated rings. The van der Waals surface area contributed by atoms with Crippen LogP contribution >= 0.6 is 0 Å². The number of hydrogen-bond donors (Lipinski definition) is 3. The largest absolute Gasteiger partial charge is 0.486 e. The monoisotopic (exact) mass is 371 g/mol. The number of para-hydroxylation sites is 2. The molecular formula is C19H25N5O3. The van der Waals surface area contributed by atoms with Crippen LogP contribution in [0.2, 0.25) is 0 Å². The van der Waals surface area contributed by atoms with Crippen LogP contribution in [-0.4, -0.2) is 41.6 Å². The fraction of sp³-hybridized carbons (Fsp3) is 0.474. The third kappa shape index (κ3) is 4.51. The molecule has 0 spiro atoms. The van der Waals surface area contributed by atoms with Crippen molar-refractivity contribution in [3.8, 4) is 11.5 Å². The highest BCUT2D eigenvalue weighted by Crippen LogP contribution is 2.31. The number of nitrogens with zero attached hydrogens (tertiary/aromatic N) is 2. The molecular weight excluding hydrogens is 346 g/mol. The van der Waals surface area contributed by atoms with Gasteiger partial charge in [-0.05, 0) is 31.2 Å². The summed E-state index contributed by atoms with van der Waals surface area (Å²) in [6.07, 6.45) is 1.70. The van der Waals surface area contributed by atoms with Gasteiger partial charge in [-0.3, -0.25) is 4.68 Å². The highest BCUT2D eigenvalue weighted by molar-refractivity contribution is 5.73. The number of carbonyl (C=O) groups excluding carboxylic acids is 1. The lowest BCUT2D eigenvalue weighted by molar-refractivity contribution is 0.0853. The molecule has 3 heterocycles. The lowest BCUT2D eigenvalue weighted by Gasteiger charge is -2.26. The molecule has 0 bridgehead atoms. The number of rotatable bonds is 5.